The number of hydrogen-bond acceptors (Lipinski definition) is 5. The van der Waals surface area contributed by atoms with Crippen LogP contribution in [-0.4, -0.2) is 29.1 Å². The van der Waals surface area contributed by atoms with Crippen LogP contribution in [0.25, 0.3) is 0 Å². The standard InChI is InChI=1S/C20H28N4O2/c1-20(2,3)19-22-18(26-23-19)12-11-17(25)21-15-7-9-16(10-8-15)24-13-5-4-6-14-24/h7-10H,4-6,11-14H2,1-3H3,(H,21,25). The minimum atomic E-state index is -0.153. The highest BCUT2D eigenvalue weighted by molar-refractivity contribution is 5.90. The summed E-state index contributed by atoms with van der Waals surface area (Å²) in [6, 6.07) is 8.08. The molecule has 1 fully saturated rings. The maximum Gasteiger partial charge on any atom is 0.227 e. The van der Waals surface area contributed by atoms with Crippen molar-refractivity contribution in [3.63, 3.8) is 0 Å². The first-order chi connectivity index (χ1) is 12.4. The molecular weight excluding hydrogens is 328 g/mol. The van der Waals surface area contributed by atoms with Gasteiger partial charge in [-0.1, -0.05) is 25.9 Å². The molecule has 0 bridgehead atoms. The summed E-state index contributed by atoms with van der Waals surface area (Å²) in [6.45, 7) is 8.32. The molecular formula is C20H28N4O2. The Hall–Kier alpha value is -2.37. The third-order valence-corrected chi connectivity index (χ3v) is 4.58. The predicted octanol–water partition coefficient (Wildman–Crippen LogP) is 3.93. The van der Waals surface area contributed by atoms with Crippen molar-refractivity contribution in [2.75, 3.05) is 23.3 Å². The first-order valence-electron chi connectivity index (χ1n) is 9.40. The number of aryl methyl sites for hydroxylation is 1. The molecule has 1 aromatic heterocycles. The Bertz CT molecular complexity index is 725. The summed E-state index contributed by atoms with van der Waals surface area (Å²) in [4.78, 5) is 18.9. The van der Waals surface area contributed by atoms with E-state index in [-0.39, 0.29) is 11.3 Å². The molecule has 0 unspecified atom stereocenters. The maximum atomic E-state index is 12.2. The SMILES string of the molecule is CC(C)(C)c1noc(CCC(=O)Nc2ccc(N3CCCCC3)cc2)n1. The fourth-order valence-electron chi connectivity index (χ4n) is 3.01. The van der Waals surface area contributed by atoms with Gasteiger partial charge in [-0.05, 0) is 43.5 Å². The molecule has 26 heavy (non-hydrogen) atoms. The van der Waals surface area contributed by atoms with E-state index in [2.05, 4.69) is 32.5 Å². The number of aromatic nitrogens is 2. The van der Waals surface area contributed by atoms with E-state index in [4.69, 9.17) is 4.52 Å². The molecule has 2 heterocycles. The number of anilines is 2. The van der Waals surface area contributed by atoms with Crippen molar-refractivity contribution in [3.8, 4) is 0 Å². The highest BCUT2D eigenvalue weighted by atomic mass is 16.5. The maximum absolute atomic E-state index is 12.2. The average molecular weight is 356 g/mol. The molecule has 2 aromatic rings. The number of nitrogens with zero attached hydrogens (tertiary/aromatic N) is 3. The lowest BCUT2D eigenvalue weighted by Gasteiger charge is -2.28. The fraction of sp³-hybridized carbons (Fsp3) is 0.550. The van der Waals surface area contributed by atoms with Crippen LogP contribution in [0, 0.1) is 0 Å². The lowest BCUT2D eigenvalue weighted by Crippen LogP contribution is -2.29. The van der Waals surface area contributed by atoms with E-state index in [1.807, 2.05) is 32.9 Å². The van der Waals surface area contributed by atoms with E-state index >= 15 is 0 Å². The zero-order valence-corrected chi connectivity index (χ0v) is 15.9. The van der Waals surface area contributed by atoms with E-state index in [0.29, 0.717) is 24.6 Å². The normalized spacial score (nSPS) is 15.1. The van der Waals surface area contributed by atoms with E-state index in [1.54, 1.807) is 0 Å². The van der Waals surface area contributed by atoms with Crippen molar-refractivity contribution in [2.45, 2.75) is 58.3 Å². The number of piperidine rings is 1. The lowest BCUT2D eigenvalue weighted by molar-refractivity contribution is -0.116. The highest BCUT2D eigenvalue weighted by Crippen LogP contribution is 2.22. The van der Waals surface area contributed by atoms with Crippen LogP contribution in [0.1, 0.15) is 58.2 Å². The van der Waals surface area contributed by atoms with Gasteiger partial charge >= 0.3 is 0 Å². The zero-order chi connectivity index (χ0) is 18.6. The van der Waals surface area contributed by atoms with Crippen LogP contribution in [0.3, 0.4) is 0 Å². The van der Waals surface area contributed by atoms with Gasteiger partial charge < -0.3 is 14.7 Å². The summed E-state index contributed by atoms with van der Waals surface area (Å²) in [7, 11) is 0. The van der Waals surface area contributed by atoms with Gasteiger partial charge in [-0.3, -0.25) is 4.79 Å². The molecule has 1 N–H and O–H groups in total. The lowest BCUT2D eigenvalue weighted by atomic mass is 9.96. The smallest absolute Gasteiger partial charge is 0.227 e. The molecule has 1 aliphatic rings. The molecule has 6 nitrogen and oxygen atoms in total. The zero-order valence-electron chi connectivity index (χ0n) is 15.9. The number of benzene rings is 1. The molecule has 1 saturated heterocycles. The Morgan fingerprint density at radius 1 is 1.15 bits per heavy atom. The Morgan fingerprint density at radius 3 is 2.46 bits per heavy atom. The van der Waals surface area contributed by atoms with Gasteiger partial charge in [-0.15, -0.1) is 0 Å². The Balaban J connectivity index is 1.49. The molecule has 0 radical (unpaired) electrons. The Labute approximate surface area is 155 Å². The highest BCUT2D eigenvalue weighted by Gasteiger charge is 2.21. The quantitative estimate of drug-likeness (QED) is 0.879. The Kier molecular flexibility index (Phi) is 5.59. The van der Waals surface area contributed by atoms with Crippen LogP contribution in [0.2, 0.25) is 0 Å². The van der Waals surface area contributed by atoms with Gasteiger partial charge in [0.05, 0.1) is 0 Å². The molecule has 1 amide bonds. The molecule has 140 valence electrons. The molecule has 0 aliphatic carbocycles. The van der Waals surface area contributed by atoms with Gasteiger partial charge in [0.15, 0.2) is 5.82 Å². The summed E-state index contributed by atoms with van der Waals surface area (Å²) >= 11 is 0. The third-order valence-electron chi connectivity index (χ3n) is 4.58. The number of amides is 1. The van der Waals surface area contributed by atoms with Crippen LogP contribution in [0.15, 0.2) is 28.8 Å². The van der Waals surface area contributed by atoms with Gasteiger partial charge in [-0.25, -0.2) is 0 Å². The number of hydrogen-bond donors (Lipinski definition) is 1. The van der Waals surface area contributed by atoms with Gasteiger partial charge in [-0.2, -0.15) is 4.98 Å². The first kappa shape index (κ1) is 18.4. The summed E-state index contributed by atoms with van der Waals surface area (Å²) in [5.74, 6) is 1.12. The molecule has 1 aliphatic heterocycles. The van der Waals surface area contributed by atoms with Gasteiger partial charge in [0.2, 0.25) is 11.8 Å². The van der Waals surface area contributed by atoms with Crippen LogP contribution in [0.5, 0.6) is 0 Å². The molecule has 1 aromatic carbocycles. The van der Waals surface area contributed by atoms with Gasteiger partial charge in [0.25, 0.3) is 0 Å². The van der Waals surface area contributed by atoms with E-state index in [1.165, 1.54) is 24.9 Å². The van der Waals surface area contributed by atoms with E-state index in [9.17, 15) is 4.79 Å². The largest absolute Gasteiger partial charge is 0.372 e. The second kappa shape index (κ2) is 7.89. The van der Waals surface area contributed by atoms with Crippen molar-refractivity contribution >= 4 is 17.3 Å². The molecule has 0 atom stereocenters. The van der Waals surface area contributed by atoms with Crippen LogP contribution in [0.4, 0.5) is 11.4 Å². The molecule has 0 spiro atoms. The minimum absolute atomic E-state index is 0.0498. The third kappa shape index (κ3) is 4.84. The van der Waals surface area contributed by atoms with Crippen molar-refractivity contribution in [1.29, 1.82) is 0 Å². The molecule has 3 rings (SSSR count). The summed E-state index contributed by atoms with van der Waals surface area (Å²) in [5.41, 5.74) is 1.89. The molecule has 0 saturated carbocycles. The van der Waals surface area contributed by atoms with Crippen molar-refractivity contribution in [2.24, 2.45) is 0 Å². The second-order valence-electron chi connectivity index (χ2n) is 7.90. The number of nitrogens with one attached hydrogen (secondary N) is 1. The van der Waals surface area contributed by atoms with Gasteiger partial charge in [0, 0.05) is 42.7 Å². The van der Waals surface area contributed by atoms with E-state index < -0.39 is 0 Å². The monoisotopic (exact) mass is 356 g/mol. The van der Waals surface area contributed by atoms with E-state index in [0.717, 1.165) is 18.8 Å². The number of carbonyl (C=O) groups is 1. The van der Waals surface area contributed by atoms with Crippen LogP contribution in [-0.2, 0) is 16.6 Å². The molecule has 6 heteroatoms. The topological polar surface area (TPSA) is 71.3 Å². The summed E-state index contributed by atoms with van der Waals surface area (Å²) < 4.78 is 5.23. The number of rotatable bonds is 5. The minimum Gasteiger partial charge on any atom is -0.372 e. The van der Waals surface area contributed by atoms with Crippen LogP contribution < -0.4 is 10.2 Å². The number of carbonyl (C=O) groups excluding carboxylic acids is 1. The van der Waals surface area contributed by atoms with Crippen molar-refractivity contribution in [1.82, 2.24) is 10.1 Å². The fourth-order valence-corrected chi connectivity index (χ4v) is 3.01. The second-order valence-corrected chi connectivity index (χ2v) is 7.90. The van der Waals surface area contributed by atoms with Crippen molar-refractivity contribution < 1.29 is 9.32 Å². The van der Waals surface area contributed by atoms with Crippen LogP contribution >= 0.6 is 0 Å². The summed E-state index contributed by atoms with van der Waals surface area (Å²) in [5, 5.41) is 6.91. The Morgan fingerprint density at radius 2 is 1.85 bits per heavy atom. The average Bonchev–Trinajstić information content (AvgIpc) is 3.11. The van der Waals surface area contributed by atoms with Gasteiger partial charge in [0.1, 0.15) is 0 Å². The summed E-state index contributed by atoms with van der Waals surface area (Å²) in [6.07, 6.45) is 4.60. The predicted molar refractivity (Wildman–Crippen MR) is 102 cm³/mol. The first-order valence-corrected chi connectivity index (χ1v) is 9.40. The van der Waals surface area contributed by atoms with Crippen molar-refractivity contribution in [3.05, 3.63) is 36.0 Å².